The number of ether oxygens (including phenoxy) is 1. The van der Waals surface area contributed by atoms with Crippen LogP contribution in [0.2, 0.25) is 0 Å². The fourth-order valence-electron chi connectivity index (χ4n) is 3.29. The molecular formula is C23H27F2N3O3. The SMILES string of the molecule is O=C(CCCNC(=O)c1ccc(F)cc1F)NCc1ccc(CN2CCOCC2)cc1. The molecule has 1 saturated heterocycles. The zero-order chi connectivity index (χ0) is 22.1. The molecule has 2 aromatic carbocycles. The molecule has 2 N–H and O–H groups in total. The molecule has 6 nitrogen and oxygen atoms in total. The van der Waals surface area contributed by atoms with Gasteiger partial charge >= 0.3 is 0 Å². The van der Waals surface area contributed by atoms with Crippen molar-refractivity contribution in [3.63, 3.8) is 0 Å². The van der Waals surface area contributed by atoms with Gasteiger partial charge in [0.25, 0.3) is 5.91 Å². The van der Waals surface area contributed by atoms with Gasteiger partial charge in [0.05, 0.1) is 18.8 Å². The molecule has 1 aliphatic heterocycles. The molecule has 3 rings (SSSR count). The van der Waals surface area contributed by atoms with Crippen LogP contribution in [0.15, 0.2) is 42.5 Å². The van der Waals surface area contributed by atoms with Gasteiger partial charge in [-0.05, 0) is 29.7 Å². The van der Waals surface area contributed by atoms with Crippen molar-refractivity contribution in [1.29, 1.82) is 0 Å². The maximum absolute atomic E-state index is 13.6. The Morgan fingerprint density at radius 2 is 1.68 bits per heavy atom. The average Bonchev–Trinajstić information content (AvgIpc) is 2.77. The first kappa shape index (κ1) is 22.8. The largest absolute Gasteiger partial charge is 0.379 e. The molecule has 2 aromatic rings. The molecule has 0 aliphatic carbocycles. The van der Waals surface area contributed by atoms with Crippen LogP contribution in [0.4, 0.5) is 8.78 Å². The van der Waals surface area contributed by atoms with Gasteiger partial charge in [-0.1, -0.05) is 24.3 Å². The molecule has 0 atom stereocenters. The average molecular weight is 431 g/mol. The van der Waals surface area contributed by atoms with Crippen LogP contribution >= 0.6 is 0 Å². The molecule has 0 radical (unpaired) electrons. The minimum Gasteiger partial charge on any atom is -0.379 e. The van der Waals surface area contributed by atoms with Crippen molar-refractivity contribution in [1.82, 2.24) is 15.5 Å². The van der Waals surface area contributed by atoms with E-state index >= 15 is 0 Å². The van der Waals surface area contributed by atoms with Crippen LogP contribution in [-0.2, 0) is 22.6 Å². The maximum Gasteiger partial charge on any atom is 0.254 e. The Labute approximate surface area is 180 Å². The highest BCUT2D eigenvalue weighted by atomic mass is 19.1. The van der Waals surface area contributed by atoms with Crippen molar-refractivity contribution in [3.05, 3.63) is 70.8 Å². The van der Waals surface area contributed by atoms with Gasteiger partial charge in [-0.15, -0.1) is 0 Å². The Hall–Kier alpha value is -2.84. The Kier molecular flexibility index (Phi) is 8.49. The third kappa shape index (κ3) is 7.41. The second-order valence-electron chi connectivity index (χ2n) is 7.47. The van der Waals surface area contributed by atoms with Crippen LogP contribution in [0.5, 0.6) is 0 Å². The van der Waals surface area contributed by atoms with Crippen LogP contribution in [0, 0.1) is 11.6 Å². The normalized spacial score (nSPS) is 14.3. The van der Waals surface area contributed by atoms with Crippen molar-refractivity contribution < 1.29 is 23.1 Å². The van der Waals surface area contributed by atoms with Crippen molar-refractivity contribution in [2.24, 2.45) is 0 Å². The number of hydrogen-bond donors (Lipinski definition) is 2. The maximum atomic E-state index is 13.6. The first-order valence-corrected chi connectivity index (χ1v) is 10.4. The minimum absolute atomic E-state index is 0.125. The topological polar surface area (TPSA) is 70.7 Å². The molecule has 1 aliphatic rings. The molecule has 0 spiro atoms. The van der Waals surface area contributed by atoms with Gasteiger partial charge in [-0.2, -0.15) is 0 Å². The summed E-state index contributed by atoms with van der Waals surface area (Å²) in [6.07, 6.45) is 0.653. The standard InChI is InChI=1S/C23H27F2N3O3/c24-19-7-8-20(21(25)14-19)23(30)26-9-1-2-22(29)27-15-17-3-5-18(6-4-17)16-28-10-12-31-13-11-28/h3-8,14H,1-2,9-13,15-16H2,(H,26,30)(H,27,29). The van der Waals surface area contributed by atoms with Crippen LogP contribution in [0.3, 0.4) is 0 Å². The number of nitrogens with zero attached hydrogens (tertiary/aromatic N) is 1. The van der Waals surface area contributed by atoms with E-state index in [1.165, 1.54) is 5.56 Å². The number of nitrogens with one attached hydrogen (secondary N) is 2. The summed E-state index contributed by atoms with van der Waals surface area (Å²) in [4.78, 5) is 26.3. The Bertz CT molecular complexity index is 884. The monoisotopic (exact) mass is 431 g/mol. The first-order chi connectivity index (χ1) is 15.0. The fourth-order valence-corrected chi connectivity index (χ4v) is 3.29. The minimum atomic E-state index is -0.911. The molecule has 8 heteroatoms. The predicted octanol–water partition coefficient (Wildman–Crippen LogP) is 2.62. The van der Waals surface area contributed by atoms with E-state index in [1.807, 2.05) is 12.1 Å². The van der Waals surface area contributed by atoms with Crippen molar-refractivity contribution in [2.75, 3.05) is 32.8 Å². The van der Waals surface area contributed by atoms with Crippen LogP contribution in [0.1, 0.15) is 34.3 Å². The van der Waals surface area contributed by atoms with Gasteiger partial charge in [0, 0.05) is 45.2 Å². The summed E-state index contributed by atoms with van der Waals surface area (Å²) in [5, 5.41) is 5.39. The second-order valence-corrected chi connectivity index (χ2v) is 7.47. The highest BCUT2D eigenvalue weighted by Crippen LogP contribution is 2.10. The molecule has 31 heavy (non-hydrogen) atoms. The van der Waals surface area contributed by atoms with Crippen LogP contribution in [0.25, 0.3) is 0 Å². The number of hydrogen-bond acceptors (Lipinski definition) is 4. The van der Waals surface area contributed by atoms with E-state index in [-0.39, 0.29) is 24.4 Å². The number of carbonyl (C=O) groups is 2. The second kappa shape index (κ2) is 11.5. The van der Waals surface area contributed by atoms with E-state index in [9.17, 15) is 18.4 Å². The molecule has 166 valence electrons. The summed E-state index contributed by atoms with van der Waals surface area (Å²) >= 11 is 0. The Balaban J connectivity index is 1.32. The van der Waals surface area contributed by atoms with E-state index in [1.54, 1.807) is 0 Å². The molecule has 0 unspecified atom stereocenters. The molecule has 0 bridgehead atoms. The highest BCUT2D eigenvalue weighted by Gasteiger charge is 2.12. The third-order valence-corrected chi connectivity index (χ3v) is 5.06. The summed E-state index contributed by atoms with van der Waals surface area (Å²) in [6, 6.07) is 10.9. The van der Waals surface area contributed by atoms with Crippen molar-refractivity contribution in [3.8, 4) is 0 Å². The van der Waals surface area contributed by atoms with E-state index in [2.05, 4.69) is 27.7 Å². The van der Waals surface area contributed by atoms with E-state index in [0.29, 0.717) is 19.0 Å². The van der Waals surface area contributed by atoms with Crippen LogP contribution in [-0.4, -0.2) is 49.6 Å². The van der Waals surface area contributed by atoms with Gasteiger partial charge in [0.2, 0.25) is 5.91 Å². The van der Waals surface area contributed by atoms with Gasteiger partial charge < -0.3 is 15.4 Å². The Morgan fingerprint density at radius 1 is 0.968 bits per heavy atom. The number of rotatable bonds is 9. The summed E-state index contributed by atoms with van der Waals surface area (Å²) in [5.41, 5.74) is 2.02. The lowest BCUT2D eigenvalue weighted by atomic mass is 10.1. The summed E-state index contributed by atoms with van der Waals surface area (Å²) < 4.78 is 31.8. The van der Waals surface area contributed by atoms with E-state index in [0.717, 1.165) is 50.5 Å². The van der Waals surface area contributed by atoms with Crippen molar-refractivity contribution in [2.45, 2.75) is 25.9 Å². The number of halogens is 2. The van der Waals surface area contributed by atoms with Gasteiger partial charge in [0.15, 0.2) is 0 Å². The molecule has 0 aromatic heterocycles. The molecule has 2 amide bonds. The summed E-state index contributed by atoms with van der Waals surface area (Å²) in [7, 11) is 0. The predicted molar refractivity (Wildman–Crippen MR) is 112 cm³/mol. The van der Waals surface area contributed by atoms with Gasteiger partial charge in [-0.3, -0.25) is 14.5 Å². The lowest BCUT2D eigenvalue weighted by Crippen LogP contribution is -2.35. The third-order valence-electron chi connectivity index (χ3n) is 5.06. The molecule has 1 heterocycles. The van der Waals surface area contributed by atoms with Crippen LogP contribution < -0.4 is 10.6 Å². The zero-order valence-corrected chi connectivity index (χ0v) is 17.3. The molecule has 0 saturated carbocycles. The fraction of sp³-hybridized carbons (Fsp3) is 0.391. The summed E-state index contributed by atoms with van der Waals surface area (Å²) in [6.45, 7) is 4.98. The number of carbonyl (C=O) groups excluding carboxylic acids is 2. The van der Waals surface area contributed by atoms with E-state index in [4.69, 9.17) is 4.74 Å². The number of amides is 2. The molecule has 1 fully saturated rings. The van der Waals surface area contributed by atoms with Crippen molar-refractivity contribution >= 4 is 11.8 Å². The highest BCUT2D eigenvalue weighted by molar-refractivity contribution is 5.94. The van der Waals surface area contributed by atoms with Gasteiger partial charge in [-0.25, -0.2) is 8.78 Å². The first-order valence-electron chi connectivity index (χ1n) is 10.4. The smallest absolute Gasteiger partial charge is 0.254 e. The zero-order valence-electron chi connectivity index (χ0n) is 17.3. The Morgan fingerprint density at radius 3 is 2.39 bits per heavy atom. The quantitative estimate of drug-likeness (QED) is 0.599. The van der Waals surface area contributed by atoms with E-state index < -0.39 is 17.5 Å². The molecular weight excluding hydrogens is 404 g/mol. The number of benzene rings is 2. The summed E-state index contributed by atoms with van der Waals surface area (Å²) in [5.74, 6) is -2.40. The van der Waals surface area contributed by atoms with Gasteiger partial charge in [0.1, 0.15) is 11.6 Å². The lowest BCUT2D eigenvalue weighted by Gasteiger charge is -2.26. The lowest BCUT2D eigenvalue weighted by molar-refractivity contribution is -0.121. The number of morpholine rings is 1.